The van der Waals surface area contributed by atoms with Crippen LogP contribution in [0.3, 0.4) is 0 Å². The summed E-state index contributed by atoms with van der Waals surface area (Å²) in [6, 6.07) is 11.9. The minimum atomic E-state index is -4.79. The van der Waals surface area contributed by atoms with Gasteiger partial charge < -0.3 is 10.6 Å². The van der Waals surface area contributed by atoms with Crippen molar-refractivity contribution >= 4 is 17.3 Å². The van der Waals surface area contributed by atoms with E-state index in [0.29, 0.717) is 10.4 Å². The highest BCUT2D eigenvalue weighted by Crippen LogP contribution is 2.33. The van der Waals surface area contributed by atoms with Gasteiger partial charge in [0.15, 0.2) is 5.69 Å². The predicted octanol–water partition coefficient (Wildman–Crippen LogP) is 3.95. The molecule has 2 aromatic carbocycles. The van der Waals surface area contributed by atoms with E-state index in [-0.39, 0.29) is 24.5 Å². The molecule has 0 atom stereocenters. The molecule has 0 saturated carbocycles. The zero-order valence-corrected chi connectivity index (χ0v) is 16.3. The number of alkyl halides is 3. The average Bonchev–Trinajstić information content (AvgIpc) is 3.18. The average molecular weight is 433 g/mol. The van der Waals surface area contributed by atoms with Gasteiger partial charge in [-0.15, -0.1) is 0 Å². The second-order valence-electron chi connectivity index (χ2n) is 6.64. The van der Waals surface area contributed by atoms with Crippen LogP contribution in [0.15, 0.2) is 54.7 Å². The molecule has 0 saturated heterocycles. The zero-order chi connectivity index (χ0) is 22.6. The fourth-order valence-electron chi connectivity index (χ4n) is 2.85. The lowest BCUT2D eigenvalue weighted by Gasteiger charge is -2.13. The number of carbonyl (C=O) groups excluding carboxylic acids is 1. The molecule has 0 spiro atoms. The van der Waals surface area contributed by atoms with Crippen molar-refractivity contribution in [2.75, 3.05) is 18.4 Å². The molecule has 31 heavy (non-hydrogen) atoms. The summed E-state index contributed by atoms with van der Waals surface area (Å²) in [5, 5.41) is 19.7. The highest BCUT2D eigenvalue weighted by atomic mass is 19.4. The summed E-state index contributed by atoms with van der Waals surface area (Å²) in [6.45, 7) is 2.04. The molecule has 0 aliphatic heterocycles. The highest BCUT2D eigenvalue weighted by Gasteiger charge is 2.40. The van der Waals surface area contributed by atoms with Crippen molar-refractivity contribution in [1.29, 1.82) is 0 Å². The first-order valence-corrected chi connectivity index (χ1v) is 9.15. The van der Waals surface area contributed by atoms with Crippen molar-refractivity contribution in [3.63, 3.8) is 0 Å². The lowest BCUT2D eigenvalue weighted by Crippen LogP contribution is -2.30. The van der Waals surface area contributed by atoms with Crippen molar-refractivity contribution in [1.82, 2.24) is 15.1 Å². The molecule has 11 heteroatoms. The number of halogens is 3. The van der Waals surface area contributed by atoms with Gasteiger partial charge in [-0.3, -0.25) is 14.9 Å². The van der Waals surface area contributed by atoms with Crippen LogP contribution in [0.1, 0.15) is 21.6 Å². The highest BCUT2D eigenvalue weighted by molar-refractivity contribution is 5.95. The second kappa shape index (κ2) is 8.86. The van der Waals surface area contributed by atoms with Crippen molar-refractivity contribution in [3.05, 3.63) is 81.7 Å². The molecule has 0 bridgehead atoms. The van der Waals surface area contributed by atoms with Gasteiger partial charge in [-0.2, -0.15) is 18.3 Å². The van der Waals surface area contributed by atoms with E-state index in [0.717, 1.165) is 11.8 Å². The van der Waals surface area contributed by atoms with Crippen molar-refractivity contribution in [3.8, 4) is 5.69 Å². The molecule has 3 aromatic rings. The Hall–Kier alpha value is -3.89. The number of nitrogens with zero attached hydrogens (tertiary/aromatic N) is 3. The molecule has 1 amide bonds. The minimum Gasteiger partial charge on any atom is -0.383 e. The number of hydrogen-bond acceptors (Lipinski definition) is 5. The Labute approximate surface area is 174 Å². The van der Waals surface area contributed by atoms with Crippen molar-refractivity contribution in [2.45, 2.75) is 13.1 Å². The Morgan fingerprint density at radius 2 is 1.74 bits per heavy atom. The van der Waals surface area contributed by atoms with Gasteiger partial charge in [0.2, 0.25) is 0 Å². The maximum absolute atomic E-state index is 13.7. The number of nitro groups is 1. The number of aryl methyl sites for hydroxylation is 1. The molecular weight excluding hydrogens is 415 g/mol. The smallest absolute Gasteiger partial charge is 0.383 e. The molecular formula is C20H18F3N5O3. The van der Waals surface area contributed by atoms with Gasteiger partial charge >= 0.3 is 6.18 Å². The van der Waals surface area contributed by atoms with Crippen LogP contribution in [-0.2, 0) is 6.18 Å². The maximum Gasteiger partial charge on any atom is 0.434 e. The SMILES string of the molecule is Cc1ccc(-n2ncc(C(=O)NCCNc3ccc([N+](=O)[O-])cc3)c2C(F)(F)F)cc1. The van der Waals surface area contributed by atoms with Gasteiger partial charge in [0, 0.05) is 30.9 Å². The van der Waals surface area contributed by atoms with Gasteiger partial charge in [0.1, 0.15) is 0 Å². The summed E-state index contributed by atoms with van der Waals surface area (Å²) in [5.41, 5.74) is -0.160. The van der Waals surface area contributed by atoms with Crippen molar-refractivity contribution in [2.24, 2.45) is 0 Å². The third-order valence-electron chi connectivity index (χ3n) is 4.38. The molecule has 0 aliphatic carbocycles. The van der Waals surface area contributed by atoms with Crippen LogP contribution in [0.5, 0.6) is 0 Å². The lowest BCUT2D eigenvalue weighted by molar-refractivity contribution is -0.384. The normalized spacial score (nSPS) is 11.2. The molecule has 3 rings (SSSR count). The third kappa shape index (κ3) is 5.18. The van der Waals surface area contributed by atoms with Gasteiger partial charge in [-0.25, -0.2) is 4.68 Å². The Morgan fingerprint density at radius 3 is 2.32 bits per heavy atom. The number of nitrogens with one attached hydrogen (secondary N) is 2. The lowest BCUT2D eigenvalue weighted by atomic mass is 10.2. The summed E-state index contributed by atoms with van der Waals surface area (Å²) in [6.07, 6.45) is -3.90. The van der Waals surface area contributed by atoms with Gasteiger partial charge in [-0.1, -0.05) is 17.7 Å². The van der Waals surface area contributed by atoms with Crippen LogP contribution in [0, 0.1) is 17.0 Å². The van der Waals surface area contributed by atoms with Crippen LogP contribution in [-0.4, -0.2) is 33.7 Å². The van der Waals surface area contributed by atoms with E-state index in [2.05, 4.69) is 15.7 Å². The van der Waals surface area contributed by atoms with E-state index in [1.165, 1.54) is 36.4 Å². The van der Waals surface area contributed by atoms with E-state index < -0.39 is 28.3 Å². The number of anilines is 1. The summed E-state index contributed by atoms with van der Waals surface area (Å²) >= 11 is 0. The molecule has 8 nitrogen and oxygen atoms in total. The van der Waals surface area contributed by atoms with Gasteiger partial charge in [0.25, 0.3) is 11.6 Å². The largest absolute Gasteiger partial charge is 0.434 e. The number of non-ortho nitro benzene ring substituents is 1. The molecule has 0 aliphatic rings. The van der Waals surface area contributed by atoms with E-state index in [4.69, 9.17) is 0 Å². The van der Waals surface area contributed by atoms with E-state index in [9.17, 15) is 28.1 Å². The number of aromatic nitrogens is 2. The Kier molecular flexibility index (Phi) is 6.23. The van der Waals surface area contributed by atoms with Crippen LogP contribution in [0.4, 0.5) is 24.5 Å². The first-order valence-electron chi connectivity index (χ1n) is 9.15. The van der Waals surface area contributed by atoms with Crippen LogP contribution < -0.4 is 10.6 Å². The van der Waals surface area contributed by atoms with E-state index in [1.54, 1.807) is 19.1 Å². The minimum absolute atomic E-state index is 0.0306. The molecule has 1 heterocycles. The fourth-order valence-corrected chi connectivity index (χ4v) is 2.85. The van der Waals surface area contributed by atoms with E-state index >= 15 is 0 Å². The number of hydrogen-bond donors (Lipinski definition) is 2. The summed E-state index contributed by atoms with van der Waals surface area (Å²) in [4.78, 5) is 22.5. The van der Waals surface area contributed by atoms with Crippen LogP contribution in [0.2, 0.25) is 0 Å². The summed E-state index contributed by atoms with van der Waals surface area (Å²) < 4.78 is 41.7. The van der Waals surface area contributed by atoms with Gasteiger partial charge in [-0.05, 0) is 31.2 Å². The standard InChI is InChI=1S/C20H18F3N5O3/c1-13-2-6-15(7-3-13)27-18(20(21,22)23)17(12-26-27)19(29)25-11-10-24-14-4-8-16(9-5-14)28(30)31/h2-9,12,24H,10-11H2,1H3,(H,25,29). The molecule has 162 valence electrons. The van der Waals surface area contributed by atoms with Crippen LogP contribution >= 0.6 is 0 Å². The molecule has 0 radical (unpaired) electrons. The molecule has 2 N–H and O–H groups in total. The summed E-state index contributed by atoms with van der Waals surface area (Å²) in [7, 11) is 0. The summed E-state index contributed by atoms with van der Waals surface area (Å²) in [5.74, 6) is -0.906. The first-order chi connectivity index (χ1) is 14.7. The zero-order valence-electron chi connectivity index (χ0n) is 16.3. The molecule has 0 unspecified atom stereocenters. The number of rotatable bonds is 7. The fraction of sp³-hybridized carbons (Fsp3) is 0.200. The molecule has 1 aromatic heterocycles. The quantitative estimate of drug-likeness (QED) is 0.334. The number of amides is 1. The second-order valence-corrected chi connectivity index (χ2v) is 6.64. The third-order valence-corrected chi connectivity index (χ3v) is 4.38. The number of nitro benzene ring substituents is 1. The number of benzene rings is 2. The number of carbonyl (C=O) groups is 1. The maximum atomic E-state index is 13.7. The Bertz CT molecular complexity index is 1080. The van der Waals surface area contributed by atoms with Gasteiger partial charge in [0.05, 0.1) is 22.4 Å². The first kappa shape index (κ1) is 21.8. The van der Waals surface area contributed by atoms with Crippen LogP contribution in [0.25, 0.3) is 5.69 Å². The van der Waals surface area contributed by atoms with E-state index in [1.807, 2.05) is 0 Å². The monoisotopic (exact) mass is 433 g/mol. The Balaban J connectivity index is 1.67. The predicted molar refractivity (Wildman–Crippen MR) is 107 cm³/mol. The topological polar surface area (TPSA) is 102 Å². The van der Waals surface area contributed by atoms with Crippen molar-refractivity contribution < 1.29 is 22.9 Å². The molecule has 0 fully saturated rings. The Morgan fingerprint density at radius 1 is 1.10 bits per heavy atom.